The summed E-state index contributed by atoms with van der Waals surface area (Å²) in [6.07, 6.45) is 0. The number of para-hydroxylation sites is 6. The van der Waals surface area contributed by atoms with Crippen LogP contribution in [-0.2, 0) is 27.4 Å². The topological polar surface area (TPSA) is 518 Å². The van der Waals surface area contributed by atoms with Crippen molar-refractivity contribution in [1.82, 2.24) is 120 Å². The van der Waals surface area contributed by atoms with Crippen LogP contribution >= 0.6 is 50.0 Å². The van der Waals surface area contributed by atoms with Gasteiger partial charge in [-0.2, -0.15) is 0 Å². The fourth-order valence-corrected chi connectivity index (χ4v) is 9.33. The van der Waals surface area contributed by atoms with Crippen molar-refractivity contribution < 1.29 is 138 Å². The average Bonchev–Trinajstić information content (AvgIpc) is 1.71. The molecule has 0 saturated carbocycles. The van der Waals surface area contributed by atoms with Crippen LogP contribution in [-0.4, -0.2) is 353 Å². The highest BCUT2D eigenvalue weighted by Crippen LogP contribution is 2.15. The van der Waals surface area contributed by atoms with Crippen molar-refractivity contribution in [3.63, 3.8) is 0 Å². The maximum absolute atomic E-state index is 9.99. The highest BCUT2D eigenvalue weighted by Gasteiger charge is 2.23. The zero-order valence-electron chi connectivity index (χ0n) is 72.9. The first kappa shape index (κ1) is 112. The van der Waals surface area contributed by atoms with Crippen LogP contribution in [0.3, 0.4) is 0 Å². The fraction of sp³-hybridized carbons (Fsp3) is 0.364. The van der Waals surface area contributed by atoms with E-state index in [1.165, 1.54) is 29.1 Å². The molecule has 12 rings (SSSR count). The Labute approximate surface area is 722 Å². The lowest BCUT2D eigenvalue weighted by molar-refractivity contribution is -0.480. The Morgan fingerprint density at radius 3 is 0.421 bits per heavy atom. The number of halogens is 6. The molecule has 60 heteroatoms. The number of amidine groups is 6. The van der Waals surface area contributed by atoms with Crippen LogP contribution in [0.25, 0.3) is 66.2 Å². The molecule has 0 aliphatic rings. The fourth-order valence-electron chi connectivity index (χ4n) is 9.33. The van der Waals surface area contributed by atoms with Crippen molar-refractivity contribution in [1.29, 1.82) is 0 Å². The first-order chi connectivity index (χ1) is 58.9. The second-order valence-electron chi connectivity index (χ2n) is 26.1. The molecule has 0 radical (unpaired) electrons. The molecule has 6 aromatic carbocycles. The van der Waals surface area contributed by atoms with Gasteiger partial charge < -0.3 is 56.8 Å². The second-order valence-corrected chi connectivity index (χ2v) is 29.0. The Balaban J connectivity index is 0.000000717. The molecule has 0 N–H and O–H groups in total. The number of aromatic nitrogens is 18. The van der Waals surface area contributed by atoms with Crippen LogP contribution < -0.4 is 58.4 Å². The van der Waals surface area contributed by atoms with Crippen molar-refractivity contribution in [2.45, 2.75) is 0 Å². The van der Waals surface area contributed by atoms with Gasteiger partial charge in [0.25, 0.3) is 0 Å². The normalized spacial score (nSPS) is 11.3. The third-order valence-electron chi connectivity index (χ3n) is 13.5. The Kier molecular flexibility index (Phi) is 51.8. The summed E-state index contributed by atoms with van der Waals surface area (Å²) in [7, 11) is 22.6. The van der Waals surface area contributed by atoms with Gasteiger partial charge in [0.2, 0.25) is 0 Å². The van der Waals surface area contributed by atoms with Gasteiger partial charge in [-0.05, 0) is 104 Å². The van der Waals surface area contributed by atoms with Gasteiger partial charge >= 0.3 is 36.1 Å². The van der Waals surface area contributed by atoms with Gasteiger partial charge in [0.15, 0.2) is 50.0 Å². The standard InChI is InChI=1S/6C11H16N5O.6FH2O2P/c6*1-14(2)11(15(3)4)17-16-10-8-6-5-7-9(10)12-13-16;6*1-4(2)3/h6*5-8H,1-4H3;6*4H,(H,2,3)/q6*+1;;;;;;/p-6. The number of nitrogens with zero attached hydrogens (tertiary/aromatic N) is 30. The molecule has 126 heavy (non-hydrogen) atoms. The van der Waals surface area contributed by atoms with Gasteiger partial charge in [0, 0.05) is 0 Å². The van der Waals surface area contributed by atoms with Gasteiger partial charge in [0.05, 0.1) is 169 Å². The molecule has 6 aromatic heterocycles. The molecule has 6 heterocycles. The Morgan fingerprint density at radius 1 is 0.238 bits per heavy atom. The largest absolute Gasteiger partial charge is 0.777 e. The summed E-state index contributed by atoms with van der Waals surface area (Å²) in [5.74, 6) is 0. The van der Waals surface area contributed by atoms with E-state index in [0.29, 0.717) is 36.1 Å². The molecule has 0 bridgehead atoms. The van der Waals surface area contributed by atoms with Crippen LogP contribution in [0.4, 0.5) is 25.2 Å². The molecule has 0 amide bonds. The Bertz CT molecular complexity index is 4780. The smallest absolute Gasteiger partial charge is 0.471 e. The van der Waals surface area contributed by atoms with E-state index in [4.69, 9.17) is 85.8 Å². The Hall–Kier alpha value is -11.9. The minimum Gasteiger partial charge on any atom is -0.777 e. The van der Waals surface area contributed by atoms with Gasteiger partial charge in [0.1, 0.15) is 66.2 Å². The van der Waals surface area contributed by atoms with Crippen LogP contribution in [0, 0.1) is 0 Å². The highest BCUT2D eigenvalue weighted by atomic mass is 31.2. The van der Waals surface area contributed by atoms with Crippen LogP contribution in [0.5, 0.6) is 0 Å². The van der Waals surface area contributed by atoms with E-state index in [1.54, 1.807) is 0 Å². The van der Waals surface area contributed by atoms with Crippen molar-refractivity contribution in [2.24, 2.45) is 0 Å². The highest BCUT2D eigenvalue weighted by molar-refractivity contribution is 7.30. The quantitative estimate of drug-likeness (QED) is 0.0603. The first-order valence-corrected chi connectivity index (χ1v) is 42.5. The third kappa shape index (κ3) is 42.6. The molecule has 0 fully saturated rings. The monoisotopic (exact) mass is 1900 g/mol. The summed E-state index contributed by atoms with van der Waals surface area (Å²) < 4.78 is 122. The molecule has 0 aliphatic heterocycles. The summed E-state index contributed by atoms with van der Waals surface area (Å²) in [6, 6.07) is 50.0. The van der Waals surface area contributed by atoms with Crippen LogP contribution in [0.2, 0.25) is 0 Å². The molecule has 6 unspecified atom stereocenters. The van der Waals surface area contributed by atoms with Gasteiger partial charge in [-0.3, -0.25) is 29.0 Å². The molecular formula is C66H102F6N30O18P6. The summed E-state index contributed by atoms with van der Waals surface area (Å²) in [6.45, 7) is 0. The summed E-state index contributed by atoms with van der Waals surface area (Å²) >= 11 is 0. The summed E-state index contributed by atoms with van der Waals surface area (Å²) in [5, 5.41) is 48.0. The summed E-state index contributed by atoms with van der Waals surface area (Å²) in [5.41, 5.74) is 9.91. The molecule has 0 saturated heterocycles. The van der Waals surface area contributed by atoms with Crippen molar-refractivity contribution >= 4 is 152 Å². The SMILES string of the molecule is CN(C)C(On1nnc2ccccc21)=[N+](C)C.CN(C)C(On1nnc2ccccc21)=[N+](C)C.CN(C)C(On1nnc2ccccc21)=[N+](C)C.CN(C)C(On1nnc2ccccc21)=[N+](C)C.CN(C)C(On1nnc2ccccc21)=[N+](C)C.CN(C)C(On1nnc2ccccc21)=[N+](C)C.O=[PH]([O-])F.O=[PH]([O-])F.O=[PH]([O-])F.O=[PH]([O-])F.O=[PH]([O-])F.O=[PH]([O-])F. The molecule has 696 valence electrons. The van der Waals surface area contributed by atoms with E-state index in [2.05, 4.69) is 61.9 Å². The second kappa shape index (κ2) is 58.3. The predicted octanol–water partition coefficient (Wildman–Crippen LogP) is -1.47. The summed E-state index contributed by atoms with van der Waals surface area (Å²) in [4.78, 5) is 104. The lowest BCUT2D eigenvalue weighted by atomic mass is 10.3. The molecular weight excluding hydrogens is 1800 g/mol. The van der Waals surface area contributed by atoms with Crippen LogP contribution in [0.1, 0.15) is 0 Å². The first-order valence-electron chi connectivity index (χ1n) is 35.4. The van der Waals surface area contributed by atoms with E-state index in [9.17, 15) is 25.2 Å². The van der Waals surface area contributed by atoms with E-state index in [1.807, 2.05) is 372 Å². The number of benzene rings is 6. The Morgan fingerprint density at radius 2 is 0.333 bits per heavy atom. The zero-order valence-corrected chi connectivity index (χ0v) is 78.9. The minimum atomic E-state index is -3.88. The van der Waals surface area contributed by atoms with E-state index in [-0.39, 0.29) is 0 Å². The lowest BCUT2D eigenvalue weighted by Gasteiger charge is -2.10. The number of hydrogen-bond acceptors (Lipinski definition) is 30. The van der Waals surface area contributed by atoms with Crippen molar-refractivity contribution in [2.75, 3.05) is 169 Å². The van der Waals surface area contributed by atoms with E-state index in [0.717, 1.165) is 66.2 Å². The predicted molar refractivity (Wildman–Crippen MR) is 450 cm³/mol. The van der Waals surface area contributed by atoms with Crippen molar-refractivity contribution in [3.05, 3.63) is 146 Å². The van der Waals surface area contributed by atoms with E-state index < -0.39 is 50.0 Å². The molecule has 6 atom stereocenters. The van der Waals surface area contributed by atoms with Gasteiger partial charge in [-0.15, -0.1) is 30.6 Å². The molecule has 12 aromatic rings. The molecule has 0 spiro atoms. The number of fused-ring (bicyclic) bond motifs is 6. The molecule has 0 aliphatic carbocycles. The van der Waals surface area contributed by atoms with Gasteiger partial charge in [-0.25, -0.2) is 82.0 Å². The van der Waals surface area contributed by atoms with Crippen molar-refractivity contribution in [3.8, 4) is 0 Å². The molecule has 48 nitrogen and oxygen atoms in total. The maximum Gasteiger partial charge on any atom is 0.471 e. The lowest BCUT2D eigenvalue weighted by Crippen LogP contribution is -2.39. The zero-order chi connectivity index (χ0) is 95.9. The van der Waals surface area contributed by atoms with E-state index >= 15 is 0 Å². The third-order valence-corrected chi connectivity index (χ3v) is 13.5. The average molecular weight is 1900 g/mol. The minimum absolute atomic E-state index is 0.681. The number of rotatable bonds is 6. The number of hydrogen-bond donors (Lipinski definition) is 0. The van der Waals surface area contributed by atoms with Gasteiger partial charge in [-0.1, -0.05) is 102 Å². The van der Waals surface area contributed by atoms with Crippen LogP contribution in [0.15, 0.2) is 146 Å². The maximum atomic E-state index is 9.99.